The Hall–Kier alpha value is -1.89. The molecule has 0 unspecified atom stereocenters. The second-order valence-corrected chi connectivity index (χ2v) is 4.71. The molecular weight excluding hydrogens is 318 g/mol. The topological polar surface area (TPSA) is 81.7 Å². The zero-order valence-corrected chi connectivity index (χ0v) is 11.3. The average molecular weight is 328 g/mol. The van der Waals surface area contributed by atoms with Crippen molar-refractivity contribution in [2.24, 2.45) is 0 Å². The van der Waals surface area contributed by atoms with Gasteiger partial charge in [0.1, 0.15) is 6.61 Å². The second kappa shape index (κ2) is 5.83. The maximum absolute atomic E-state index is 11.4. The number of benzene rings is 1. The number of hydrogen-bond acceptors (Lipinski definition) is 5. The van der Waals surface area contributed by atoms with E-state index in [9.17, 15) is 14.4 Å². The quantitative estimate of drug-likeness (QED) is 0.672. The van der Waals surface area contributed by atoms with E-state index < -0.39 is 24.1 Å². The SMILES string of the molecule is O=C1C[C@@H](OC(=O)OCc2ccccc2Br)C(=O)N1. The molecule has 1 heterocycles. The molecule has 1 N–H and O–H groups in total. The number of carbonyl (C=O) groups excluding carboxylic acids is 3. The first-order chi connectivity index (χ1) is 9.06. The van der Waals surface area contributed by atoms with E-state index in [0.29, 0.717) is 0 Å². The molecule has 1 aliphatic rings. The molecule has 0 saturated carbocycles. The normalized spacial score (nSPS) is 18.1. The maximum Gasteiger partial charge on any atom is 0.509 e. The predicted molar refractivity (Wildman–Crippen MR) is 67.0 cm³/mol. The predicted octanol–water partition coefficient (Wildman–Crippen LogP) is 1.52. The highest BCUT2D eigenvalue weighted by molar-refractivity contribution is 9.10. The number of ether oxygens (including phenoxy) is 2. The number of rotatable bonds is 3. The molecule has 2 rings (SSSR count). The van der Waals surface area contributed by atoms with E-state index in [0.717, 1.165) is 10.0 Å². The van der Waals surface area contributed by atoms with Crippen LogP contribution in [0.3, 0.4) is 0 Å². The van der Waals surface area contributed by atoms with Crippen LogP contribution in [0.5, 0.6) is 0 Å². The Morgan fingerprint density at radius 2 is 2.11 bits per heavy atom. The van der Waals surface area contributed by atoms with Gasteiger partial charge in [-0.1, -0.05) is 34.1 Å². The number of amides is 2. The molecule has 1 aromatic carbocycles. The lowest BCUT2D eigenvalue weighted by atomic mass is 10.2. The number of nitrogens with one attached hydrogen (secondary N) is 1. The van der Waals surface area contributed by atoms with Crippen molar-refractivity contribution in [3.05, 3.63) is 34.3 Å². The largest absolute Gasteiger partial charge is 0.509 e. The van der Waals surface area contributed by atoms with Gasteiger partial charge >= 0.3 is 6.16 Å². The van der Waals surface area contributed by atoms with E-state index in [-0.39, 0.29) is 13.0 Å². The minimum Gasteiger partial charge on any atom is -0.429 e. The summed E-state index contributed by atoms with van der Waals surface area (Å²) in [5.74, 6) is -1.09. The van der Waals surface area contributed by atoms with Gasteiger partial charge in [-0.2, -0.15) is 0 Å². The van der Waals surface area contributed by atoms with Crippen molar-refractivity contribution in [1.29, 1.82) is 0 Å². The fourth-order valence-electron chi connectivity index (χ4n) is 1.53. The number of carbonyl (C=O) groups is 3. The Bertz CT molecular complexity index is 531. The zero-order valence-electron chi connectivity index (χ0n) is 9.72. The van der Waals surface area contributed by atoms with Gasteiger partial charge in [0, 0.05) is 10.0 Å². The molecule has 0 spiro atoms. The lowest BCUT2D eigenvalue weighted by Crippen LogP contribution is -2.28. The maximum atomic E-state index is 11.4. The first-order valence-electron chi connectivity index (χ1n) is 5.47. The third-order valence-corrected chi connectivity index (χ3v) is 3.24. The van der Waals surface area contributed by atoms with Crippen LogP contribution in [-0.4, -0.2) is 24.1 Å². The molecule has 1 atom stereocenters. The summed E-state index contributed by atoms with van der Waals surface area (Å²) in [5.41, 5.74) is 0.770. The summed E-state index contributed by atoms with van der Waals surface area (Å²) in [5, 5.41) is 2.04. The van der Waals surface area contributed by atoms with Crippen LogP contribution in [0, 0.1) is 0 Å². The standard InChI is InChI=1S/C12H10BrNO5/c13-8-4-2-1-3-7(8)6-18-12(17)19-9-5-10(15)14-11(9)16/h1-4,9H,5-6H2,(H,14,15,16)/t9-/m1/s1. The summed E-state index contributed by atoms with van der Waals surface area (Å²) in [7, 11) is 0. The van der Waals surface area contributed by atoms with Gasteiger partial charge in [0.15, 0.2) is 6.10 Å². The molecule has 1 aliphatic heterocycles. The van der Waals surface area contributed by atoms with Gasteiger partial charge in [0.05, 0.1) is 6.42 Å². The van der Waals surface area contributed by atoms with Crippen LogP contribution < -0.4 is 5.32 Å². The Morgan fingerprint density at radius 3 is 2.74 bits per heavy atom. The Morgan fingerprint density at radius 1 is 1.37 bits per heavy atom. The van der Waals surface area contributed by atoms with Gasteiger partial charge < -0.3 is 9.47 Å². The van der Waals surface area contributed by atoms with Crippen molar-refractivity contribution < 1.29 is 23.9 Å². The lowest BCUT2D eigenvalue weighted by molar-refractivity contribution is -0.128. The average Bonchev–Trinajstić information content (AvgIpc) is 2.67. The minimum absolute atomic E-state index is 0.0164. The first kappa shape index (κ1) is 13.5. The molecule has 0 aromatic heterocycles. The smallest absolute Gasteiger partial charge is 0.429 e. The van der Waals surface area contributed by atoms with E-state index in [4.69, 9.17) is 9.47 Å². The molecule has 1 saturated heterocycles. The minimum atomic E-state index is -1.10. The molecule has 2 amide bonds. The molecule has 0 bridgehead atoms. The molecule has 7 heteroatoms. The van der Waals surface area contributed by atoms with E-state index in [1.165, 1.54) is 0 Å². The van der Waals surface area contributed by atoms with E-state index in [2.05, 4.69) is 15.9 Å². The molecule has 0 radical (unpaired) electrons. The van der Waals surface area contributed by atoms with Crippen LogP contribution in [0.15, 0.2) is 28.7 Å². The molecular formula is C12H10BrNO5. The summed E-state index contributed by atoms with van der Waals surface area (Å²) in [4.78, 5) is 33.5. The van der Waals surface area contributed by atoms with Crippen LogP contribution in [0.25, 0.3) is 0 Å². The van der Waals surface area contributed by atoms with Crippen LogP contribution in [0.2, 0.25) is 0 Å². The van der Waals surface area contributed by atoms with Crippen LogP contribution in [-0.2, 0) is 25.7 Å². The van der Waals surface area contributed by atoms with Crippen molar-refractivity contribution in [1.82, 2.24) is 5.32 Å². The van der Waals surface area contributed by atoms with Crippen molar-refractivity contribution in [2.75, 3.05) is 0 Å². The Balaban J connectivity index is 1.84. The summed E-state index contributed by atoms with van der Waals surface area (Å²) in [6.07, 6.45) is -2.24. The highest BCUT2D eigenvalue weighted by Crippen LogP contribution is 2.17. The first-order valence-corrected chi connectivity index (χ1v) is 6.26. The van der Waals surface area contributed by atoms with Crippen LogP contribution in [0.1, 0.15) is 12.0 Å². The highest BCUT2D eigenvalue weighted by atomic mass is 79.9. The molecule has 0 aliphatic carbocycles. The van der Waals surface area contributed by atoms with Gasteiger partial charge in [0.2, 0.25) is 5.91 Å². The third kappa shape index (κ3) is 3.54. The van der Waals surface area contributed by atoms with Gasteiger partial charge in [-0.05, 0) is 6.07 Å². The number of hydrogen-bond donors (Lipinski definition) is 1. The molecule has 1 fully saturated rings. The highest BCUT2D eigenvalue weighted by Gasteiger charge is 2.34. The molecule has 1 aromatic rings. The van der Waals surface area contributed by atoms with Crippen molar-refractivity contribution in [3.8, 4) is 0 Å². The zero-order chi connectivity index (χ0) is 13.8. The third-order valence-electron chi connectivity index (χ3n) is 2.47. The van der Waals surface area contributed by atoms with E-state index >= 15 is 0 Å². The molecule has 19 heavy (non-hydrogen) atoms. The van der Waals surface area contributed by atoms with Gasteiger partial charge in [-0.15, -0.1) is 0 Å². The van der Waals surface area contributed by atoms with Crippen molar-refractivity contribution in [3.63, 3.8) is 0 Å². The number of halogens is 1. The van der Waals surface area contributed by atoms with Gasteiger partial charge in [0.25, 0.3) is 5.91 Å². The van der Waals surface area contributed by atoms with E-state index in [1.807, 2.05) is 17.4 Å². The lowest BCUT2D eigenvalue weighted by Gasteiger charge is -2.09. The molecule has 100 valence electrons. The summed E-state index contributed by atoms with van der Waals surface area (Å²) >= 11 is 3.31. The van der Waals surface area contributed by atoms with Crippen LogP contribution in [0.4, 0.5) is 4.79 Å². The Kier molecular flexibility index (Phi) is 4.16. The molecule has 6 nitrogen and oxygen atoms in total. The fourth-order valence-corrected chi connectivity index (χ4v) is 1.93. The summed E-state index contributed by atoms with van der Waals surface area (Å²) in [6.45, 7) is 0.0164. The van der Waals surface area contributed by atoms with Crippen molar-refractivity contribution >= 4 is 33.9 Å². The second-order valence-electron chi connectivity index (χ2n) is 3.85. The summed E-state index contributed by atoms with van der Waals surface area (Å²) in [6, 6.07) is 7.23. The van der Waals surface area contributed by atoms with Crippen LogP contribution >= 0.6 is 15.9 Å². The van der Waals surface area contributed by atoms with E-state index in [1.54, 1.807) is 12.1 Å². The Labute approximate surface area is 117 Å². The fraction of sp³-hybridized carbons (Fsp3) is 0.250. The monoisotopic (exact) mass is 327 g/mol. The van der Waals surface area contributed by atoms with Gasteiger partial charge in [-0.25, -0.2) is 4.79 Å². The summed E-state index contributed by atoms with van der Waals surface area (Å²) < 4.78 is 10.4. The number of imide groups is 1. The van der Waals surface area contributed by atoms with Gasteiger partial charge in [-0.3, -0.25) is 14.9 Å². The van der Waals surface area contributed by atoms with Crippen molar-refractivity contribution in [2.45, 2.75) is 19.1 Å².